The van der Waals surface area contributed by atoms with E-state index in [1.165, 1.54) is 5.56 Å². The van der Waals surface area contributed by atoms with Gasteiger partial charge in [0.1, 0.15) is 0 Å². The molecule has 1 unspecified atom stereocenters. The van der Waals surface area contributed by atoms with Crippen LogP contribution in [0.4, 0.5) is 0 Å². The van der Waals surface area contributed by atoms with Crippen LogP contribution in [-0.2, 0) is 6.42 Å². The van der Waals surface area contributed by atoms with Crippen molar-refractivity contribution >= 4 is 29.9 Å². The van der Waals surface area contributed by atoms with Gasteiger partial charge >= 0.3 is 0 Å². The van der Waals surface area contributed by atoms with E-state index in [9.17, 15) is 0 Å². The summed E-state index contributed by atoms with van der Waals surface area (Å²) in [5.41, 5.74) is 1.33. The molecule has 0 spiro atoms. The number of terminal acetylenes is 1. The number of aliphatic imine (C=N–C) groups is 1. The largest absolute Gasteiger partial charge is 0.357 e. The van der Waals surface area contributed by atoms with Gasteiger partial charge in [-0.25, -0.2) is 0 Å². The Morgan fingerprint density at radius 2 is 1.95 bits per heavy atom. The summed E-state index contributed by atoms with van der Waals surface area (Å²) in [7, 11) is 4.18. The number of rotatable bonds is 7. The van der Waals surface area contributed by atoms with E-state index in [-0.39, 0.29) is 24.0 Å². The van der Waals surface area contributed by atoms with Gasteiger partial charge in [0.25, 0.3) is 0 Å². The van der Waals surface area contributed by atoms with Crippen LogP contribution in [0.15, 0.2) is 35.3 Å². The van der Waals surface area contributed by atoms with E-state index in [0.717, 1.165) is 25.5 Å². The van der Waals surface area contributed by atoms with Crippen molar-refractivity contribution in [2.75, 3.05) is 33.7 Å². The van der Waals surface area contributed by atoms with Gasteiger partial charge in [0.2, 0.25) is 0 Å². The number of guanidine groups is 1. The highest BCUT2D eigenvalue weighted by Gasteiger charge is 2.12. The van der Waals surface area contributed by atoms with Crippen molar-refractivity contribution in [3.05, 3.63) is 35.9 Å². The van der Waals surface area contributed by atoms with Gasteiger partial charge in [-0.05, 0) is 33.0 Å². The summed E-state index contributed by atoms with van der Waals surface area (Å²) < 4.78 is 0. The van der Waals surface area contributed by atoms with Crippen LogP contribution in [0, 0.1) is 12.3 Å². The van der Waals surface area contributed by atoms with Crippen molar-refractivity contribution in [3.8, 4) is 12.3 Å². The quantitative estimate of drug-likeness (QED) is 0.310. The van der Waals surface area contributed by atoms with E-state index in [1.54, 1.807) is 0 Å². The standard InChI is InChI=1S/C17H26N4.HI/c1-5-12-19-17(18-6-2)20-14-16(21(3)4)13-15-10-8-7-9-11-15;/h1,7-11,16H,6,12-14H2,2-4H3,(H2,18,19,20);1H. The molecular weight excluding hydrogens is 387 g/mol. The molecule has 1 aromatic rings. The van der Waals surface area contributed by atoms with E-state index in [0.29, 0.717) is 12.6 Å². The molecule has 0 saturated heterocycles. The lowest BCUT2D eigenvalue weighted by atomic mass is 10.1. The Balaban J connectivity index is 0.00000441. The third-order valence-electron chi connectivity index (χ3n) is 3.21. The summed E-state index contributed by atoms with van der Waals surface area (Å²) >= 11 is 0. The van der Waals surface area contributed by atoms with Crippen LogP contribution >= 0.6 is 24.0 Å². The van der Waals surface area contributed by atoms with Gasteiger partial charge < -0.3 is 15.5 Å². The molecule has 122 valence electrons. The minimum absolute atomic E-state index is 0. The number of nitrogens with one attached hydrogen (secondary N) is 2. The van der Waals surface area contributed by atoms with Crippen LogP contribution in [0.3, 0.4) is 0 Å². The predicted octanol–water partition coefficient (Wildman–Crippen LogP) is 1.97. The average Bonchev–Trinajstić information content (AvgIpc) is 2.49. The van der Waals surface area contributed by atoms with E-state index >= 15 is 0 Å². The first kappa shape index (κ1) is 20.7. The Hall–Kier alpha value is -1.26. The number of nitrogens with zero attached hydrogens (tertiary/aromatic N) is 2. The van der Waals surface area contributed by atoms with E-state index in [2.05, 4.69) is 64.8 Å². The lowest BCUT2D eigenvalue weighted by Crippen LogP contribution is -2.39. The molecule has 1 aromatic carbocycles. The first-order valence-corrected chi connectivity index (χ1v) is 7.33. The number of hydrogen-bond acceptors (Lipinski definition) is 2. The lowest BCUT2D eigenvalue weighted by Gasteiger charge is -2.23. The molecule has 2 N–H and O–H groups in total. The van der Waals surface area contributed by atoms with Crippen molar-refractivity contribution in [2.45, 2.75) is 19.4 Å². The van der Waals surface area contributed by atoms with Crippen LogP contribution in [0.1, 0.15) is 12.5 Å². The maximum Gasteiger partial charge on any atom is 0.192 e. The SMILES string of the molecule is C#CCNC(=NCC(Cc1ccccc1)N(C)C)NCC.I. The molecule has 1 rings (SSSR count). The first-order valence-electron chi connectivity index (χ1n) is 7.33. The normalized spacial score (nSPS) is 12.2. The minimum atomic E-state index is 0. The van der Waals surface area contributed by atoms with Gasteiger partial charge in [-0.1, -0.05) is 36.3 Å². The molecule has 0 heterocycles. The number of halogens is 1. The molecule has 4 nitrogen and oxygen atoms in total. The topological polar surface area (TPSA) is 39.7 Å². The molecule has 0 aromatic heterocycles. The molecule has 0 aliphatic rings. The molecule has 1 atom stereocenters. The Morgan fingerprint density at radius 1 is 1.27 bits per heavy atom. The van der Waals surface area contributed by atoms with Crippen LogP contribution < -0.4 is 10.6 Å². The number of benzene rings is 1. The second kappa shape index (κ2) is 12.3. The highest BCUT2D eigenvalue weighted by molar-refractivity contribution is 14.0. The molecule has 0 aliphatic heterocycles. The fourth-order valence-electron chi connectivity index (χ4n) is 1.97. The van der Waals surface area contributed by atoms with E-state index < -0.39 is 0 Å². The van der Waals surface area contributed by atoms with Gasteiger partial charge in [0.15, 0.2) is 5.96 Å². The summed E-state index contributed by atoms with van der Waals surface area (Å²) in [4.78, 5) is 6.84. The van der Waals surface area contributed by atoms with Crippen molar-refractivity contribution < 1.29 is 0 Å². The predicted molar refractivity (Wildman–Crippen MR) is 106 cm³/mol. The van der Waals surface area contributed by atoms with Crippen molar-refractivity contribution in [3.63, 3.8) is 0 Å². The second-order valence-electron chi connectivity index (χ2n) is 5.08. The fraction of sp³-hybridized carbons (Fsp3) is 0.471. The van der Waals surface area contributed by atoms with Gasteiger partial charge in [-0.2, -0.15) is 0 Å². The number of likely N-dealkylation sites (N-methyl/N-ethyl adjacent to an activating group) is 1. The summed E-state index contributed by atoms with van der Waals surface area (Å²) in [6.07, 6.45) is 6.25. The van der Waals surface area contributed by atoms with Crippen molar-refractivity contribution in [2.24, 2.45) is 4.99 Å². The molecule has 0 bridgehead atoms. The first-order chi connectivity index (χ1) is 10.2. The second-order valence-corrected chi connectivity index (χ2v) is 5.08. The third-order valence-corrected chi connectivity index (χ3v) is 3.21. The van der Waals surface area contributed by atoms with Gasteiger partial charge in [-0.3, -0.25) is 4.99 Å². The molecule has 0 radical (unpaired) electrons. The van der Waals surface area contributed by atoms with E-state index in [4.69, 9.17) is 6.42 Å². The Labute approximate surface area is 151 Å². The zero-order valence-corrected chi connectivity index (χ0v) is 16.0. The maximum atomic E-state index is 5.28. The highest BCUT2D eigenvalue weighted by atomic mass is 127. The van der Waals surface area contributed by atoms with Crippen LogP contribution in [0.2, 0.25) is 0 Å². The van der Waals surface area contributed by atoms with E-state index in [1.807, 2.05) is 13.0 Å². The smallest absolute Gasteiger partial charge is 0.192 e. The highest BCUT2D eigenvalue weighted by Crippen LogP contribution is 2.07. The van der Waals surface area contributed by atoms with Crippen molar-refractivity contribution in [1.82, 2.24) is 15.5 Å². The average molecular weight is 414 g/mol. The zero-order valence-electron chi connectivity index (χ0n) is 13.7. The number of hydrogen-bond donors (Lipinski definition) is 2. The van der Waals surface area contributed by atoms with Crippen LogP contribution in [0.5, 0.6) is 0 Å². The molecule has 0 fully saturated rings. The van der Waals surface area contributed by atoms with Gasteiger partial charge in [-0.15, -0.1) is 30.4 Å². The molecule has 5 heteroatoms. The van der Waals surface area contributed by atoms with Gasteiger partial charge in [0, 0.05) is 12.6 Å². The molecule has 0 amide bonds. The molecule has 22 heavy (non-hydrogen) atoms. The Morgan fingerprint density at radius 3 is 2.50 bits per heavy atom. The maximum absolute atomic E-state index is 5.28. The summed E-state index contributed by atoms with van der Waals surface area (Å²) in [5, 5.41) is 6.31. The van der Waals surface area contributed by atoms with Crippen LogP contribution in [-0.4, -0.2) is 50.6 Å². The Bertz CT molecular complexity index is 465. The molecule has 0 saturated carbocycles. The fourth-order valence-corrected chi connectivity index (χ4v) is 1.97. The minimum Gasteiger partial charge on any atom is -0.357 e. The monoisotopic (exact) mass is 414 g/mol. The third kappa shape index (κ3) is 8.25. The van der Waals surface area contributed by atoms with Crippen LogP contribution in [0.25, 0.3) is 0 Å². The molecule has 0 aliphatic carbocycles. The van der Waals surface area contributed by atoms with Gasteiger partial charge in [0.05, 0.1) is 13.1 Å². The summed E-state index contributed by atoms with van der Waals surface area (Å²) in [6, 6.07) is 10.9. The van der Waals surface area contributed by atoms with Crippen molar-refractivity contribution in [1.29, 1.82) is 0 Å². The summed E-state index contributed by atoms with van der Waals surface area (Å²) in [5.74, 6) is 3.34. The zero-order chi connectivity index (χ0) is 15.5. The lowest BCUT2D eigenvalue weighted by molar-refractivity contribution is 0.298. The Kier molecular flexibility index (Phi) is 11.6. The summed E-state index contributed by atoms with van der Waals surface area (Å²) in [6.45, 7) is 4.07. The molecular formula is C17H27IN4.